The number of hydrogen-bond donors (Lipinski definition) is 2. The van der Waals surface area contributed by atoms with Crippen LogP contribution in [0, 0.1) is 6.92 Å². The molecule has 0 bridgehead atoms. The maximum Gasteiger partial charge on any atom is 0.252 e. The summed E-state index contributed by atoms with van der Waals surface area (Å²) in [4.78, 5) is 11.6. The third-order valence-electron chi connectivity index (χ3n) is 1.90. The molecule has 0 saturated heterocycles. The zero-order chi connectivity index (χ0) is 10.7. The smallest absolute Gasteiger partial charge is 0.252 e. The number of aromatic nitrogens is 4. The van der Waals surface area contributed by atoms with Crippen LogP contribution < -0.4 is 5.32 Å². The van der Waals surface area contributed by atoms with E-state index in [9.17, 15) is 4.79 Å². The van der Waals surface area contributed by atoms with E-state index in [2.05, 4.69) is 25.9 Å². The van der Waals surface area contributed by atoms with Gasteiger partial charge in [0.15, 0.2) is 5.82 Å². The number of thiophene rings is 1. The van der Waals surface area contributed by atoms with Gasteiger partial charge in [-0.25, -0.2) is 0 Å². The van der Waals surface area contributed by atoms with Crippen molar-refractivity contribution in [2.24, 2.45) is 0 Å². The number of aryl methyl sites for hydroxylation is 1. The first-order valence-corrected chi connectivity index (χ1v) is 5.25. The molecular formula is C8H9N5OS. The molecule has 2 rings (SSSR count). The summed E-state index contributed by atoms with van der Waals surface area (Å²) in [5, 5.41) is 19.6. The predicted octanol–water partition coefficient (Wildman–Crippen LogP) is 0.500. The van der Waals surface area contributed by atoms with E-state index in [1.165, 1.54) is 11.3 Å². The quantitative estimate of drug-likeness (QED) is 0.793. The number of nitrogens with one attached hydrogen (secondary N) is 2. The van der Waals surface area contributed by atoms with E-state index in [1.54, 1.807) is 0 Å². The summed E-state index contributed by atoms with van der Waals surface area (Å²) in [7, 11) is 0. The number of nitrogens with zero attached hydrogens (tertiary/aromatic N) is 3. The highest BCUT2D eigenvalue weighted by molar-refractivity contribution is 7.08. The average Bonchev–Trinajstić information content (AvgIpc) is 2.84. The summed E-state index contributed by atoms with van der Waals surface area (Å²) in [6.07, 6.45) is 0. The number of carbonyl (C=O) groups is 1. The molecule has 0 radical (unpaired) electrons. The standard InChI is InChI=1S/C8H9N5OS/c1-5-3-15-4-6(5)8(14)9-2-7-10-12-13-11-7/h3-4H,2H2,1H3,(H,9,14)(H,10,11,12,13). The summed E-state index contributed by atoms with van der Waals surface area (Å²) < 4.78 is 0. The molecule has 0 aliphatic carbocycles. The Hall–Kier alpha value is -1.76. The highest BCUT2D eigenvalue weighted by Gasteiger charge is 2.09. The highest BCUT2D eigenvalue weighted by Crippen LogP contribution is 2.13. The summed E-state index contributed by atoms with van der Waals surface area (Å²) >= 11 is 1.51. The van der Waals surface area contributed by atoms with Gasteiger partial charge in [-0.1, -0.05) is 5.21 Å². The number of hydrogen-bond acceptors (Lipinski definition) is 5. The van der Waals surface area contributed by atoms with Crippen LogP contribution in [-0.2, 0) is 6.54 Å². The van der Waals surface area contributed by atoms with Crippen molar-refractivity contribution in [2.75, 3.05) is 0 Å². The number of aromatic amines is 1. The summed E-state index contributed by atoms with van der Waals surface area (Å²) in [5.41, 5.74) is 1.68. The van der Waals surface area contributed by atoms with E-state index < -0.39 is 0 Å². The first-order valence-electron chi connectivity index (χ1n) is 4.30. The normalized spacial score (nSPS) is 10.2. The van der Waals surface area contributed by atoms with E-state index in [0.29, 0.717) is 11.4 Å². The molecule has 0 saturated carbocycles. The Labute approximate surface area is 89.7 Å². The molecule has 0 aliphatic rings. The van der Waals surface area contributed by atoms with Crippen LogP contribution in [0.3, 0.4) is 0 Å². The Bertz CT molecular complexity index is 449. The van der Waals surface area contributed by atoms with Crippen LogP contribution in [0.25, 0.3) is 0 Å². The molecule has 0 aliphatic heterocycles. The SMILES string of the molecule is Cc1cscc1C(=O)NCc1nn[nH]n1. The second-order valence-corrected chi connectivity index (χ2v) is 3.72. The molecule has 78 valence electrons. The zero-order valence-electron chi connectivity index (χ0n) is 8.02. The molecule has 1 amide bonds. The van der Waals surface area contributed by atoms with E-state index in [0.717, 1.165) is 5.56 Å². The molecular weight excluding hydrogens is 214 g/mol. The largest absolute Gasteiger partial charge is 0.345 e. The minimum Gasteiger partial charge on any atom is -0.345 e. The van der Waals surface area contributed by atoms with Gasteiger partial charge in [0, 0.05) is 5.38 Å². The lowest BCUT2D eigenvalue weighted by atomic mass is 10.2. The maximum absolute atomic E-state index is 11.6. The molecule has 2 heterocycles. The van der Waals surface area contributed by atoms with Crippen molar-refractivity contribution < 1.29 is 4.79 Å². The molecule has 2 aromatic rings. The Morgan fingerprint density at radius 2 is 2.47 bits per heavy atom. The fourth-order valence-corrected chi connectivity index (χ4v) is 1.93. The molecule has 0 spiro atoms. The highest BCUT2D eigenvalue weighted by atomic mass is 32.1. The van der Waals surface area contributed by atoms with Gasteiger partial charge in [0.1, 0.15) is 0 Å². The predicted molar refractivity (Wildman–Crippen MR) is 54.4 cm³/mol. The van der Waals surface area contributed by atoms with Crippen LogP contribution >= 0.6 is 11.3 Å². The molecule has 7 heteroatoms. The Kier molecular flexibility index (Phi) is 2.72. The fraction of sp³-hybridized carbons (Fsp3) is 0.250. The van der Waals surface area contributed by atoms with Crippen molar-refractivity contribution in [3.05, 3.63) is 27.7 Å². The van der Waals surface area contributed by atoms with Crippen molar-refractivity contribution >= 4 is 17.2 Å². The average molecular weight is 223 g/mol. The summed E-state index contributed by atoms with van der Waals surface area (Å²) in [5.74, 6) is 0.356. The summed E-state index contributed by atoms with van der Waals surface area (Å²) in [6, 6.07) is 0. The second-order valence-electron chi connectivity index (χ2n) is 2.98. The van der Waals surface area contributed by atoms with E-state index in [1.807, 2.05) is 17.7 Å². The van der Waals surface area contributed by atoms with Gasteiger partial charge in [0.25, 0.3) is 5.91 Å². The Morgan fingerprint density at radius 3 is 3.07 bits per heavy atom. The van der Waals surface area contributed by atoms with Crippen LogP contribution in [-0.4, -0.2) is 26.5 Å². The molecule has 15 heavy (non-hydrogen) atoms. The van der Waals surface area contributed by atoms with Crippen LogP contribution in [0.4, 0.5) is 0 Å². The van der Waals surface area contributed by atoms with E-state index in [4.69, 9.17) is 0 Å². The van der Waals surface area contributed by atoms with Gasteiger partial charge in [0.2, 0.25) is 0 Å². The van der Waals surface area contributed by atoms with Gasteiger partial charge >= 0.3 is 0 Å². The van der Waals surface area contributed by atoms with Crippen molar-refractivity contribution in [1.82, 2.24) is 25.9 Å². The first kappa shape index (κ1) is 9.78. The lowest BCUT2D eigenvalue weighted by molar-refractivity contribution is 0.0950. The molecule has 0 atom stereocenters. The van der Waals surface area contributed by atoms with Gasteiger partial charge in [-0.05, 0) is 17.9 Å². The first-order chi connectivity index (χ1) is 7.27. The number of H-pyrrole nitrogens is 1. The van der Waals surface area contributed by atoms with Crippen molar-refractivity contribution in [2.45, 2.75) is 13.5 Å². The minimum atomic E-state index is -0.112. The molecule has 0 aromatic carbocycles. The third kappa shape index (κ3) is 2.18. The lowest BCUT2D eigenvalue weighted by Gasteiger charge is -2.00. The number of carbonyl (C=O) groups excluding carboxylic acids is 1. The maximum atomic E-state index is 11.6. The van der Waals surface area contributed by atoms with Crippen LogP contribution in [0.5, 0.6) is 0 Å². The van der Waals surface area contributed by atoms with Crippen LogP contribution in [0.15, 0.2) is 10.8 Å². The fourth-order valence-electron chi connectivity index (χ4n) is 1.11. The zero-order valence-corrected chi connectivity index (χ0v) is 8.84. The monoisotopic (exact) mass is 223 g/mol. The van der Waals surface area contributed by atoms with Gasteiger partial charge in [0.05, 0.1) is 12.1 Å². The second kappa shape index (κ2) is 4.18. The van der Waals surface area contributed by atoms with Crippen molar-refractivity contribution in [1.29, 1.82) is 0 Å². The topological polar surface area (TPSA) is 83.6 Å². The lowest BCUT2D eigenvalue weighted by Crippen LogP contribution is -2.23. The molecule has 2 aromatic heterocycles. The number of rotatable bonds is 3. The third-order valence-corrected chi connectivity index (χ3v) is 2.76. The Morgan fingerprint density at radius 1 is 1.60 bits per heavy atom. The minimum absolute atomic E-state index is 0.112. The molecule has 0 fully saturated rings. The van der Waals surface area contributed by atoms with Crippen LogP contribution in [0.1, 0.15) is 21.7 Å². The molecule has 2 N–H and O–H groups in total. The van der Waals surface area contributed by atoms with Crippen molar-refractivity contribution in [3.63, 3.8) is 0 Å². The molecule has 6 nitrogen and oxygen atoms in total. The van der Waals surface area contributed by atoms with E-state index in [-0.39, 0.29) is 12.5 Å². The number of amides is 1. The van der Waals surface area contributed by atoms with Crippen molar-refractivity contribution in [3.8, 4) is 0 Å². The van der Waals surface area contributed by atoms with Gasteiger partial charge < -0.3 is 5.32 Å². The van der Waals surface area contributed by atoms with Gasteiger partial charge in [-0.15, -0.1) is 10.2 Å². The van der Waals surface area contributed by atoms with E-state index >= 15 is 0 Å². The summed E-state index contributed by atoms with van der Waals surface area (Å²) in [6.45, 7) is 2.18. The molecule has 0 unspecified atom stereocenters. The van der Waals surface area contributed by atoms with Gasteiger partial charge in [-0.3, -0.25) is 4.79 Å². The van der Waals surface area contributed by atoms with Gasteiger partial charge in [-0.2, -0.15) is 16.6 Å². The number of tetrazole rings is 1. The van der Waals surface area contributed by atoms with Crippen LogP contribution in [0.2, 0.25) is 0 Å². The Balaban J connectivity index is 1.96.